The summed E-state index contributed by atoms with van der Waals surface area (Å²) in [7, 11) is 0. The van der Waals surface area contributed by atoms with Crippen molar-refractivity contribution < 1.29 is 39.6 Å². The summed E-state index contributed by atoms with van der Waals surface area (Å²) in [5.74, 6) is -10.5. The summed E-state index contributed by atoms with van der Waals surface area (Å²) in [6.07, 6.45) is 1.41. The number of fused-ring (bicyclic) bond motifs is 1. The molecule has 0 aliphatic heterocycles. The van der Waals surface area contributed by atoms with E-state index in [2.05, 4.69) is 4.98 Å². The van der Waals surface area contributed by atoms with Crippen molar-refractivity contribution in [3.63, 3.8) is 0 Å². The molecule has 0 saturated heterocycles. The molecule has 120 valence electrons. The molecule has 5 N–H and O–H groups in total. The Hall–Kier alpha value is -3.36. The van der Waals surface area contributed by atoms with Crippen LogP contribution in [0.25, 0.3) is 10.9 Å². The van der Waals surface area contributed by atoms with E-state index < -0.39 is 35.7 Å². The molecule has 0 aliphatic carbocycles. The van der Waals surface area contributed by atoms with Crippen molar-refractivity contribution in [1.82, 2.24) is 4.98 Å². The molecule has 0 saturated carbocycles. The summed E-state index contributed by atoms with van der Waals surface area (Å²) in [6, 6.07) is 3.67. The topological polar surface area (TPSA) is 165 Å². The van der Waals surface area contributed by atoms with Gasteiger partial charge in [-0.25, -0.2) is 0 Å². The minimum Gasteiger partial charge on any atom is -0.480 e. The van der Waals surface area contributed by atoms with Gasteiger partial charge in [0, 0.05) is 17.1 Å². The standard InChI is InChI=1S/C14H11NO8/c16-11(17)9(12(18)19)5-3-7(10(13(20)21)14(22)23)6-1-2-15-8(6)4-5/h1-4,9-10,15H,(H,16,17)(H,18,19)(H,20,21)(H,22,23). The number of aromatic amines is 1. The zero-order valence-corrected chi connectivity index (χ0v) is 11.4. The highest BCUT2D eigenvalue weighted by Crippen LogP contribution is 2.31. The lowest BCUT2D eigenvalue weighted by Gasteiger charge is -2.14. The van der Waals surface area contributed by atoms with Crippen molar-refractivity contribution in [2.24, 2.45) is 0 Å². The van der Waals surface area contributed by atoms with Crippen LogP contribution in [0, 0.1) is 0 Å². The maximum absolute atomic E-state index is 11.2. The van der Waals surface area contributed by atoms with Crippen LogP contribution in [0.3, 0.4) is 0 Å². The number of benzene rings is 1. The van der Waals surface area contributed by atoms with E-state index in [-0.39, 0.29) is 22.0 Å². The average molecular weight is 321 g/mol. The molecule has 0 fully saturated rings. The van der Waals surface area contributed by atoms with Crippen LogP contribution in [-0.4, -0.2) is 49.3 Å². The molecule has 1 aromatic carbocycles. The monoisotopic (exact) mass is 321 g/mol. The van der Waals surface area contributed by atoms with Gasteiger partial charge < -0.3 is 25.4 Å². The summed E-state index contributed by atoms with van der Waals surface area (Å²) in [5, 5.41) is 36.6. The number of nitrogens with one attached hydrogen (secondary N) is 1. The third-order valence-corrected chi connectivity index (χ3v) is 3.36. The molecule has 0 aliphatic rings. The fourth-order valence-electron chi connectivity index (χ4n) is 2.39. The number of hydrogen-bond acceptors (Lipinski definition) is 4. The Morgan fingerprint density at radius 1 is 0.826 bits per heavy atom. The van der Waals surface area contributed by atoms with E-state index in [0.717, 1.165) is 6.07 Å². The van der Waals surface area contributed by atoms with Crippen LogP contribution in [0.5, 0.6) is 0 Å². The predicted molar refractivity (Wildman–Crippen MR) is 74.3 cm³/mol. The Morgan fingerprint density at radius 3 is 1.83 bits per heavy atom. The first-order chi connectivity index (χ1) is 10.7. The fourth-order valence-corrected chi connectivity index (χ4v) is 2.39. The van der Waals surface area contributed by atoms with Gasteiger partial charge >= 0.3 is 23.9 Å². The molecule has 9 nitrogen and oxygen atoms in total. The van der Waals surface area contributed by atoms with E-state index in [0.29, 0.717) is 0 Å². The highest BCUT2D eigenvalue weighted by molar-refractivity contribution is 6.05. The molecule has 2 aromatic rings. The molecule has 1 aromatic heterocycles. The Bertz CT molecular complexity index is 793. The highest BCUT2D eigenvalue weighted by Gasteiger charge is 2.33. The first kappa shape index (κ1) is 16.0. The van der Waals surface area contributed by atoms with Crippen molar-refractivity contribution in [3.05, 3.63) is 35.5 Å². The van der Waals surface area contributed by atoms with Crippen molar-refractivity contribution in [3.8, 4) is 0 Å². The van der Waals surface area contributed by atoms with Gasteiger partial charge in [0.2, 0.25) is 0 Å². The summed E-state index contributed by atoms with van der Waals surface area (Å²) in [6.45, 7) is 0. The SMILES string of the molecule is O=C(O)C(C(=O)O)c1cc(C(C(=O)O)C(=O)O)c2cc[nH]c2c1. The summed E-state index contributed by atoms with van der Waals surface area (Å²) in [4.78, 5) is 47.4. The van der Waals surface area contributed by atoms with E-state index in [4.69, 9.17) is 20.4 Å². The molecular formula is C14H11NO8. The van der Waals surface area contributed by atoms with Crippen LogP contribution < -0.4 is 0 Å². The Kier molecular flexibility index (Phi) is 4.04. The van der Waals surface area contributed by atoms with Crippen LogP contribution in [0.1, 0.15) is 23.0 Å². The van der Waals surface area contributed by atoms with E-state index >= 15 is 0 Å². The molecule has 9 heteroatoms. The van der Waals surface area contributed by atoms with Crippen LogP contribution in [0.2, 0.25) is 0 Å². The van der Waals surface area contributed by atoms with Gasteiger partial charge in [-0.05, 0) is 23.3 Å². The van der Waals surface area contributed by atoms with Gasteiger partial charge in [-0.15, -0.1) is 0 Å². The maximum Gasteiger partial charge on any atom is 0.322 e. The molecule has 0 radical (unpaired) electrons. The normalized spacial score (nSPS) is 11.0. The highest BCUT2D eigenvalue weighted by atomic mass is 16.4. The van der Waals surface area contributed by atoms with Gasteiger partial charge in [-0.2, -0.15) is 0 Å². The molecule has 23 heavy (non-hydrogen) atoms. The third-order valence-electron chi connectivity index (χ3n) is 3.36. The van der Waals surface area contributed by atoms with Gasteiger partial charge in [0.1, 0.15) is 0 Å². The maximum atomic E-state index is 11.2. The number of H-pyrrole nitrogens is 1. The fraction of sp³-hybridized carbons (Fsp3) is 0.143. The molecule has 0 atom stereocenters. The quantitative estimate of drug-likeness (QED) is 0.484. The first-order valence-corrected chi connectivity index (χ1v) is 6.26. The number of carboxylic acids is 4. The van der Waals surface area contributed by atoms with Crippen LogP contribution in [-0.2, 0) is 19.2 Å². The van der Waals surface area contributed by atoms with Crippen LogP contribution in [0.15, 0.2) is 24.4 Å². The van der Waals surface area contributed by atoms with Gasteiger partial charge in [0.25, 0.3) is 0 Å². The lowest BCUT2D eigenvalue weighted by Crippen LogP contribution is -2.24. The van der Waals surface area contributed by atoms with Crippen molar-refractivity contribution in [2.45, 2.75) is 11.8 Å². The second-order valence-corrected chi connectivity index (χ2v) is 4.77. The molecule has 0 unspecified atom stereocenters. The second kappa shape index (κ2) is 5.79. The third kappa shape index (κ3) is 2.84. The number of aliphatic carboxylic acids is 4. The average Bonchev–Trinajstić information content (AvgIpc) is 2.85. The van der Waals surface area contributed by atoms with Crippen molar-refractivity contribution >= 4 is 34.8 Å². The summed E-state index contributed by atoms with van der Waals surface area (Å²) in [5.41, 5.74) is -0.161. The van der Waals surface area contributed by atoms with E-state index in [9.17, 15) is 19.2 Å². The van der Waals surface area contributed by atoms with Gasteiger partial charge in [-0.3, -0.25) is 19.2 Å². The van der Waals surface area contributed by atoms with Gasteiger partial charge in [0.15, 0.2) is 11.8 Å². The molecule has 2 rings (SSSR count). The van der Waals surface area contributed by atoms with Gasteiger partial charge in [-0.1, -0.05) is 6.07 Å². The van der Waals surface area contributed by atoms with Crippen molar-refractivity contribution in [2.75, 3.05) is 0 Å². The van der Waals surface area contributed by atoms with E-state index in [1.54, 1.807) is 0 Å². The van der Waals surface area contributed by atoms with Crippen LogP contribution >= 0.6 is 0 Å². The van der Waals surface area contributed by atoms with E-state index in [1.165, 1.54) is 18.3 Å². The lowest BCUT2D eigenvalue weighted by atomic mass is 9.89. The number of carboxylic acid groups (broad SMARTS) is 4. The lowest BCUT2D eigenvalue weighted by molar-refractivity contribution is -0.151. The second-order valence-electron chi connectivity index (χ2n) is 4.77. The predicted octanol–water partition coefficient (Wildman–Crippen LogP) is 0.673. The Balaban J connectivity index is 2.76. The molecule has 0 amide bonds. The Morgan fingerprint density at radius 2 is 1.35 bits per heavy atom. The van der Waals surface area contributed by atoms with Crippen molar-refractivity contribution in [1.29, 1.82) is 0 Å². The summed E-state index contributed by atoms with van der Waals surface area (Å²) < 4.78 is 0. The number of aromatic nitrogens is 1. The molecule has 1 heterocycles. The Labute approximate surface area is 127 Å². The number of carbonyl (C=O) groups is 4. The first-order valence-electron chi connectivity index (χ1n) is 6.26. The molecular weight excluding hydrogens is 310 g/mol. The minimum atomic E-state index is -1.95. The van der Waals surface area contributed by atoms with Gasteiger partial charge in [0.05, 0.1) is 0 Å². The summed E-state index contributed by atoms with van der Waals surface area (Å²) >= 11 is 0. The zero-order valence-electron chi connectivity index (χ0n) is 11.4. The van der Waals surface area contributed by atoms with Crippen LogP contribution in [0.4, 0.5) is 0 Å². The molecule has 0 spiro atoms. The minimum absolute atomic E-state index is 0.189. The van der Waals surface area contributed by atoms with E-state index in [1.807, 2.05) is 0 Å². The number of hydrogen-bond donors (Lipinski definition) is 5. The number of rotatable bonds is 6. The largest absolute Gasteiger partial charge is 0.480 e. The smallest absolute Gasteiger partial charge is 0.322 e. The molecule has 0 bridgehead atoms. The zero-order chi connectivity index (χ0) is 17.3.